The lowest BCUT2D eigenvalue weighted by molar-refractivity contribution is -0.120. The fourth-order valence-corrected chi connectivity index (χ4v) is 3.06. The van der Waals surface area contributed by atoms with Crippen molar-refractivity contribution in [3.05, 3.63) is 29.6 Å². The van der Waals surface area contributed by atoms with Gasteiger partial charge in [0.25, 0.3) is 0 Å². The molecule has 0 radical (unpaired) electrons. The Kier molecular flexibility index (Phi) is 5.28. The monoisotopic (exact) mass is 342 g/mol. The van der Waals surface area contributed by atoms with Gasteiger partial charge >= 0.3 is 0 Å². The molecule has 0 aromatic heterocycles. The van der Waals surface area contributed by atoms with Crippen molar-refractivity contribution in [1.29, 1.82) is 0 Å². The predicted molar refractivity (Wildman–Crippen MR) is 88.6 cm³/mol. The van der Waals surface area contributed by atoms with Gasteiger partial charge in [0.2, 0.25) is 11.8 Å². The summed E-state index contributed by atoms with van der Waals surface area (Å²) in [4.78, 5) is 12.2. The van der Waals surface area contributed by atoms with Crippen molar-refractivity contribution in [3.63, 3.8) is 0 Å². The highest BCUT2D eigenvalue weighted by Crippen LogP contribution is 2.37. The molecule has 1 amide bonds. The summed E-state index contributed by atoms with van der Waals surface area (Å²) < 4.78 is 40.5. The average Bonchev–Trinajstić information content (AvgIpc) is 2.45. The van der Waals surface area contributed by atoms with Gasteiger partial charge < -0.3 is 11.1 Å². The number of hydrogen-bond acceptors (Lipinski definition) is 2. The topological polar surface area (TPSA) is 55.1 Å². The fourth-order valence-electron chi connectivity index (χ4n) is 3.06. The number of alkyl halides is 2. The van der Waals surface area contributed by atoms with E-state index in [2.05, 4.69) is 5.32 Å². The van der Waals surface area contributed by atoms with Gasteiger partial charge in [0.15, 0.2) is 0 Å². The standard InChI is InChI=1S/C18H25F3N2O/c1-17(2,3)13-5-4-12(10-14(13)19)23-16(24)15(22)11-6-8-18(20,21)9-7-11/h4-5,10-11,15H,6-9,22H2,1-3H3,(H,23,24). The second kappa shape index (κ2) is 6.75. The zero-order valence-electron chi connectivity index (χ0n) is 14.3. The van der Waals surface area contributed by atoms with E-state index in [1.165, 1.54) is 6.07 Å². The van der Waals surface area contributed by atoms with Crippen molar-refractivity contribution in [1.82, 2.24) is 0 Å². The lowest BCUT2D eigenvalue weighted by Gasteiger charge is -2.31. The maximum absolute atomic E-state index is 14.2. The van der Waals surface area contributed by atoms with Crippen LogP contribution in [0, 0.1) is 11.7 Å². The Morgan fingerprint density at radius 1 is 1.29 bits per heavy atom. The van der Waals surface area contributed by atoms with Crippen LogP contribution in [0.4, 0.5) is 18.9 Å². The molecule has 0 heterocycles. The molecule has 0 aliphatic heterocycles. The molecular formula is C18H25F3N2O. The molecule has 3 nitrogen and oxygen atoms in total. The van der Waals surface area contributed by atoms with Crippen LogP contribution in [0.2, 0.25) is 0 Å². The van der Waals surface area contributed by atoms with E-state index in [0.717, 1.165) is 0 Å². The number of hydrogen-bond donors (Lipinski definition) is 2. The third-order valence-electron chi connectivity index (χ3n) is 4.62. The predicted octanol–water partition coefficient (Wildman–Crippen LogP) is 4.21. The maximum Gasteiger partial charge on any atom is 0.248 e. The third-order valence-corrected chi connectivity index (χ3v) is 4.62. The van der Waals surface area contributed by atoms with E-state index < -0.39 is 23.7 Å². The largest absolute Gasteiger partial charge is 0.325 e. The first-order chi connectivity index (χ1) is 11.0. The number of benzene rings is 1. The Morgan fingerprint density at radius 2 is 1.88 bits per heavy atom. The molecule has 1 saturated carbocycles. The molecule has 0 spiro atoms. The van der Waals surface area contributed by atoms with Crippen LogP contribution in [0.15, 0.2) is 18.2 Å². The molecule has 1 fully saturated rings. The van der Waals surface area contributed by atoms with Crippen LogP contribution in [-0.2, 0) is 10.2 Å². The number of nitrogens with one attached hydrogen (secondary N) is 1. The van der Waals surface area contributed by atoms with Crippen molar-refractivity contribution in [2.24, 2.45) is 11.7 Å². The first-order valence-electron chi connectivity index (χ1n) is 8.24. The minimum atomic E-state index is -2.65. The number of amides is 1. The number of carbonyl (C=O) groups excluding carboxylic acids is 1. The fraction of sp³-hybridized carbons (Fsp3) is 0.611. The molecule has 1 aromatic rings. The van der Waals surface area contributed by atoms with Gasteiger partial charge in [0.1, 0.15) is 5.82 Å². The van der Waals surface area contributed by atoms with Gasteiger partial charge in [-0.2, -0.15) is 0 Å². The van der Waals surface area contributed by atoms with E-state index in [0.29, 0.717) is 11.3 Å². The summed E-state index contributed by atoms with van der Waals surface area (Å²) in [5.74, 6) is -3.79. The van der Waals surface area contributed by atoms with Gasteiger partial charge in [0.05, 0.1) is 6.04 Å². The van der Waals surface area contributed by atoms with E-state index in [1.807, 2.05) is 20.8 Å². The summed E-state index contributed by atoms with van der Waals surface area (Å²) in [6, 6.07) is 3.66. The van der Waals surface area contributed by atoms with Crippen LogP contribution >= 0.6 is 0 Å². The number of nitrogens with two attached hydrogens (primary N) is 1. The van der Waals surface area contributed by atoms with Crippen LogP contribution in [0.5, 0.6) is 0 Å². The summed E-state index contributed by atoms with van der Waals surface area (Å²) in [6.07, 6.45) is -0.0427. The SMILES string of the molecule is CC(C)(C)c1ccc(NC(=O)C(N)C2CCC(F)(F)CC2)cc1F. The Bertz CT molecular complexity index is 601. The molecule has 1 aromatic carbocycles. The summed E-state index contributed by atoms with van der Waals surface area (Å²) in [5.41, 5.74) is 6.45. The quantitative estimate of drug-likeness (QED) is 0.864. The molecule has 1 aliphatic rings. The number of anilines is 1. The van der Waals surface area contributed by atoms with Gasteiger partial charge in [-0.15, -0.1) is 0 Å². The highest BCUT2D eigenvalue weighted by atomic mass is 19.3. The molecule has 24 heavy (non-hydrogen) atoms. The summed E-state index contributed by atoms with van der Waals surface area (Å²) in [6.45, 7) is 5.70. The van der Waals surface area contributed by atoms with E-state index in [1.54, 1.807) is 12.1 Å². The van der Waals surface area contributed by atoms with Crippen LogP contribution in [0.1, 0.15) is 52.0 Å². The average molecular weight is 342 g/mol. The van der Waals surface area contributed by atoms with Crippen LogP contribution < -0.4 is 11.1 Å². The van der Waals surface area contributed by atoms with Gasteiger partial charge in [-0.05, 0) is 41.9 Å². The van der Waals surface area contributed by atoms with Crippen LogP contribution in [0.3, 0.4) is 0 Å². The maximum atomic E-state index is 14.2. The van der Waals surface area contributed by atoms with E-state index in [9.17, 15) is 18.0 Å². The molecule has 1 unspecified atom stereocenters. The van der Waals surface area contributed by atoms with Crippen molar-refractivity contribution in [2.75, 3.05) is 5.32 Å². The van der Waals surface area contributed by atoms with Gasteiger partial charge in [-0.25, -0.2) is 13.2 Å². The molecule has 6 heteroatoms. The van der Waals surface area contributed by atoms with E-state index in [-0.39, 0.29) is 37.0 Å². The summed E-state index contributed by atoms with van der Waals surface area (Å²) in [7, 11) is 0. The zero-order chi connectivity index (χ0) is 18.1. The van der Waals surface area contributed by atoms with Crippen molar-refractivity contribution in [3.8, 4) is 0 Å². The molecule has 2 rings (SSSR count). The second-order valence-corrected chi connectivity index (χ2v) is 7.65. The number of carbonyl (C=O) groups is 1. The normalized spacial score (nSPS) is 19.8. The number of halogens is 3. The van der Waals surface area contributed by atoms with Crippen molar-refractivity contribution in [2.45, 2.75) is 63.8 Å². The smallest absolute Gasteiger partial charge is 0.248 e. The Labute approximate surface area is 140 Å². The van der Waals surface area contributed by atoms with E-state index in [4.69, 9.17) is 5.73 Å². The highest BCUT2D eigenvalue weighted by molar-refractivity contribution is 5.94. The van der Waals surface area contributed by atoms with Crippen molar-refractivity contribution < 1.29 is 18.0 Å². The van der Waals surface area contributed by atoms with Crippen molar-refractivity contribution >= 4 is 11.6 Å². The van der Waals surface area contributed by atoms with Crippen LogP contribution in [0.25, 0.3) is 0 Å². The number of rotatable bonds is 3. The van der Waals surface area contributed by atoms with Gasteiger partial charge in [0, 0.05) is 18.5 Å². The molecule has 3 N–H and O–H groups in total. The lowest BCUT2D eigenvalue weighted by atomic mass is 9.82. The lowest BCUT2D eigenvalue weighted by Crippen LogP contribution is -2.44. The Hall–Kier alpha value is -1.56. The minimum Gasteiger partial charge on any atom is -0.325 e. The first-order valence-corrected chi connectivity index (χ1v) is 8.24. The Balaban J connectivity index is 2.01. The second-order valence-electron chi connectivity index (χ2n) is 7.65. The van der Waals surface area contributed by atoms with Crippen LogP contribution in [-0.4, -0.2) is 17.9 Å². The van der Waals surface area contributed by atoms with Gasteiger partial charge in [-0.3, -0.25) is 4.79 Å². The molecule has 1 aliphatic carbocycles. The molecule has 0 saturated heterocycles. The third kappa shape index (κ3) is 4.50. The summed E-state index contributed by atoms with van der Waals surface area (Å²) in [5, 5.41) is 2.59. The van der Waals surface area contributed by atoms with E-state index >= 15 is 0 Å². The first kappa shape index (κ1) is 18.8. The molecule has 0 bridgehead atoms. The molecule has 1 atom stereocenters. The zero-order valence-corrected chi connectivity index (χ0v) is 14.3. The summed E-state index contributed by atoms with van der Waals surface area (Å²) >= 11 is 0. The molecule has 134 valence electrons. The van der Waals surface area contributed by atoms with Gasteiger partial charge in [-0.1, -0.05) is 26.8 Å². The highest BCUT2D eigenvalue weighted by Gasteiger charge is 2.38. The molecular weight excluding hydrogens is 317 g/mol. The minimum absolute atomic E-state index is 0.221. The Morgan fingerprint density at radius 3 is 2.38 bits per heavy atom.